The molecule has 0 radical (unpaired) electrons. The lowest BCUT2D eigenvalue weighted by Crippen LogP contribution is -2.39. The highest BCUT2D eigenvalue weighted by atomic mass is 16.4. The van der Waals surface area contributed by atoms with E-state index in [4.69, 9.17) is 5.11 Å². The maximum atomic E-state index is 11.1. The van der Waals surface area contributed by atoms with Crippen LogP contribution in [0.4, 0.5) is 4.79 Å². The Hall–Kier alpha value is -1.52. The number of nitrogens with one attached hydrogen (secondary N) is 2. The van der Waals surface area contributed by atoms with Crippen molar-refractivity contribution in [3.8, 4) is 0 Å². The first-order chi connectivity index (χ1) is 6.93. The SMILES string of the molecule is CC(C)=CCNC(=O)NCC(C)C(=O)O. The van der Waals surface area contributed by atoms with Crippen molar-refractivity contribution in [2.45, 2.75) is 20.8 Å². The van der Waals surface area contributed by atoms with E-state index in [0.717, 1.165) is 5.57 Å². The molecule has 5 nitrogen and oxygen atoms in total. The highest BCUT2D eigenvalue weighted by Gasteiger charge is 2.11. The van der Waals surface area contributed by atoms with E-state index in [1.54, 1.807) is 6.92 Å². The molecule has 2 amide bonds. The number of carbonyl (C=O) groups excluding carboxylic acids is 1. The number of urea groups is 1. The van der Waals surface area contributed by atoms with Gasteiger partial charge in [0, 0.05) is 13.1 Å². The van der Waals surface area contributed by atoms with E-state index < -0.39 is 11.9 Å². The molecule has 0 spiro atoms. The van der Waals surface area contributed by atoms with E-state index >= 15 is 0 Å². The lowest BCUT2D eigenvalue weighted by atomic mass is 10.2. The maximum absolute atomic E-state index is 11.1. The van der Waals surface area contributed by atoms with Crippen molar-refractivity contribution in [3.05, 3.63) is 11.6 Å². The molecule has 0 aromatic rings. The Labute approximate surface area is 89.6 Å². The van der Waals surface area contributed by atoms with E-state index in [0.29, 0.717) is 6.54 Å². The van der Waals surface area contributed by atoms with E-state index in [-0.39, 0.29) is 12.6 Å². The second-order valence-electron chi connectivity index (χ2n) is 3.61. The quantitative estimate of drug-likeness (QED) is 0.597. The van der Waals surface area contributed by atoms with E-state index in [2.05, 4.69) is 10.6 Å². The summed E-state index contributed by atoms with van der Waals surface area (Å²) in [5.41, 5.74) is 1.12. The highest BCUT2D eigenvalue weighted by molar-refractivity contribution is 5.75. The molecule has 0 aliphatic rings. The summed E-state index contributed by atoms with van der Waals surface area (Å²) in [6.07, 6.45) is 1.88. The standard InChI is InChI=1S/C10H18N2O3/c1-7(2)4-5-11-10(15)12-6-8(3)9(13)14/h4,8H,5-6H2,1-3H3,(H,13,14)(H2,11,12,15). The van der Waals surface area contributed by atoms with Gasteiger partial charge in [0.1, 0.15) is 0 Å². The summed E-state index contributed by atoms with van der Waals surface area (Å²) < 4.78 is 0. The fraction of sp³-hybridized carbons (Fsp3) is 0.600. The summed E-state index contributed by atoms with van der Waals surface area (Å²) in [6, 6.07) is -0.347. The molecule has 15 heavy (non-hydrogen) atoms. The zero-order valence-electron chi connectivity index (χ0n) is 9.33. The molecule has 0 aromatic heterocycles. The molecule has 0 heterocycles. The van der Waals surface area contributed by atoms with Gasteiger partial charge in [-0.1, -0.05) is 18.6 Å². The molecule has 3 N–H and O–H groups in total. The van der Waals surface area contributed by atoms with Gasteiger partial charge in [0.25, 0.3) is 0 Å². The van der Waals surface area contributed by atoms with Crippen LogP contribution in [-0.4, -0.2) is 30.2 Å². The van der Waals surface area contributed by atoms with Crippen molar-refractivity contribution < 1.29 is 14.7 Å². The van der Waals surface area contributed by atoms with Crippen molar-refractivity contribution in [2.24, 2.45) is 5.92 Å². The minimum absolute atomic E-state index is 0.135. The maximum Gasteiger partial charge on any atom is 0.315 e. The van der Waals surface area contributed by atoms with Crippen molar-refractivity contribution in [3.63, 3.8) is 0 Å². The third kappa shape index (κ3) is 7.54. The summed E-state index contributed by atoms with van der Waals surface area (Å²) >= 11 is 0. The van der Waals surface area contributed by atoms with Crippen LogP contribution in [0.2, 0.25) is 0 Å². The summed E-state index contributed by atoms with van der Waals surface area (Å²) in [7, 11) is 0. The molecule has 1 atom stereocenters. The minimum atomic E-state index is -0.917. The van der Waals surface area contributed by atoms with Crippen LogP contribution >= 0.6 is 0 Å². The third-order valence-corrected chi connectivity index (χ3v) is 1.76. The predicted molar refractivity (Wildman–Crippen MR) is 57.6 cm³/mol. The van der Waals surface area contributed by atoms with Crippen LogP contribution in [0.15, 0.2) is 11.6 Å². The number of hydrogen-bond donors (Lipinski definition) is 3. The van der Waals surface area contributed by atoms with Gasteiger partial charge < -0.3 is 15.7 Å². The van der Waals surface area contributed by atoms with Crippen molar-refractivity contribution in [2.75, 3.05) is 13.1 Å². The lowest BCUT2D eigenvalue weighted by Gasteiger charge is -2.08. The van der Waals surface area contributed by atoms with Crippen LogP contribution in [0.5, 0.6) is 0 Å². The van der Waals surface area contributed by atoms with E-state index in [1.165, 1.54) is 0 Å². The van der Waals surface area contributed by atoms with Gasteiger partial charge >= 0.3 is 12.0 Å². The molecule has 0 fully saturated rings. The van der Waals surface area contributed by atoms with E-state index in [9.17, 15) is 9.59 Å². The van der Waals surface area contributed by atoms with Gasteiger partial charge in [0.15, 0.2) is 0 Å². The molecule has 5 heteroatoms. The Morgan fingerprint density at radius 3 is 2.40 bits per heavy atom. The fourth-order valence-electron chi connectivity index (χ4n) is 0.743. The molecule has 0 bridgehead atoms. The van der Waals surface area contributed by atoms with Crippen LogP contribution < -0.4 is 10.6 Å². The topological polar surface area (TPSA) is 78.4 Å². The van der Waals surface area contributed by atoms with Crippen LogP contribution in [0.3, 0.4) is 0 Å². The van der Waals surface area contributed by atoms with Crippen LogP contribution in [0, 0.1) is 5.92 Å². The van der Waals surface area contributed by atoms with Crippen molar-refractivity contribution in [1.82, 2.24) is 10.6 Å². The number of rotatable bonds is 5. The Morgan fingerprint density at radius 1 is 1.33 bits per heavy atom. The number of carbonyl (C=O) groups is 2. The third-order valence-electron chi connectivity index (χ3n) is 1.76. The van der Waals surface area contributed by atoms with Gasteiger partial charge in [0.05, 0.1) is 5.92 Å². The van der Waals surface area contributed by atoms with Crippen molar-refractivity contribution in [1.29, 1.82) is 0 Å². The number of aliphatic carboxylic acids is 1. The first-order valence-corrected chi connectivity index (χ1v) is 4.81. The molecule has 0 aliphatic carbocycles. The molecule has 0 aromatic carbocycles. The molecule has 1 unspecified atom stereocenters. The number of amides is 2. The largest absolute Gasteiger partial charge is 0.481 e. The first kappa shape index (κ1) is 13.5. The second kappa shape index (κ2) is 6.86. The summed E-state index contributed by atoms with van der Waals surface area (Å²) in [6.45, 7) is 6.00. The summed E-state index contributed by atoms with van der Waals surface area (Å²) in [5.74, 6) is -1.49. The lowest BCUT2D eigenvalue weighted by molar-refractivity contribution is -0.140. The van der Waals surface area contributed by atoms with Crippen LogP contribution in [0.1, 0.15) is 20.8 Å². The zero-order chi connectivity index (χ0) is 11.8. The van der Waals surface area contributed by atoms with Gasteiger partial charge in [0.2, 0.25) is 0 Å². The summed E-state index contributed by atoms with van der Waals surface area (Å²) in [4.78, 5) is 21.5. The van der Waals surface area contributed by atoms with E-state index in [1.807, 2.05) is 19.9 Å². The average molecular weight is 214 g/mol. The zero-order valence-corrected chi connectivity index (χ0v) is 9.33. The number of allylic oxidation sites excluding steroid dienone is 1. The molecule has 0 rings (SSSR count). The van der Waals surface area contributed by atoms with Gasteiger partial charge in [-0.3, -0.25) is 4.79 Å². The first-order valence-electron chi connectivity index (χ1n) is 4.81. The van der Waals surface area contributed by atoms with Crippen LogP contribution in [-0.2, 0) is 4.79 Å². The second-order valence-corrected chi connectivity index (χ2v) is 3.61. The Kier molecular flexibility index (Phi) is 6.17. The van der Waals surface area contributed by atoms with Gasteiger partial charge in [-0.25, -0.2) is 4.79 Å². The minimum Gasteiger partial charge on any atom is -0.481 e. The molecular formula is C10H18N2O3. The highest BCUT2D eigenvalue weighted by Crippen LogP contribution is 1.91. The number of carboxylic acids is 1. The fourth-order valence-corrected chi connectivity index (χ4v) is 0.743. The predicted octanol–water partition coefficient (Wildman–Crippen LogP) is 0.972. The number of hydrogen-bond acceptors (Lipinski definition) is 2. The average Bonchev–Trinajstić information content (AvgIpc) is 2.13. The molecule has 0 saturated carbocycles. The molecular weight excluding hydrogens is 196 g/mol. The van der Waals surface area contributed by atoms with Crippen LogP contribution in [0.25, 0.3) is 0 Å². The Balaban J connectivity index is 3.67. The molecule has 0 saturated heterocycles. The van der Waals surface area contributed by atoms with Crippen molar-refractivity contribution >= 4 is 12.0 Å². The Bertz CT molecular complexity index is 257. The molecule has 0 aliphatic heterocycles. The Morgan fingerprint density at radius 2 is 1.93 bits per heavy atom. The monoisotopic (exact) mass is 214 g/mol. The normalized spacial score (nSPS) is 11.4. The molecule has 86 valence electrons. The number of carboxylic acid groups (broad SMARTS) is 1. The smallest absolute Gasteiger partial charge is 0.315 e. The summed E-state index contributed by atoms with van der Waals surface area (Å²) in [5, 5.41) is 13.6. The van der Waals surface area contributed by atoms with Gasteiger partial charge in [-0.05, 0) is 13.8 Å². The van der Waals surface area contributed by atoms with Gasteiger partial charge in [-0.2, -0.15) is 0 Å². The van der Waals surface area contributed by atoms with Gasteiger partial charge in [-0.15, -0.1) is 0 Å².